The van der Waals surface area contributed by atoms with Gasteiger partial charge >= 0.3 is 5.97 Å². The van der Waals surface area contributed by atoms with E-state index in [9.17, 15) is 9.59 Å². The van der Waals surface area contributed by atoms with Crippen molar-refractivity contribution in [2.24, 2.45) is 0 Å². The Morgan fingerprint density at radius 2 is 1.84 bits per heavy atom. The lowest BCUT2D eigenvalue weighted by atomic mass is 9.98. The summed E-state index contributed by atoms with van der Waals surface area (Å²) in [6.07, 6.45) is 2.88. The minimum atomic E-state index is -0.963. The molecule has 2 aromatic rings. The third kappa shape index (κ3) is 6.60. The summed E-state index contributed by atoms with van der Waals surface area (Å²) in [5, 5.41) is 2.89. The van der Waals surface area contributed by atoms with Crippen molar-refractivity contribution in [3.63, 3.8) is 0 Å². The fraction of sp³-hybridized carbons (Fsp3) is 0.360. The Labute approximate surface area is 184 Å². The Kier molecular flexibility index (Phi) is 8.67. The first-order valence-electron chi connectivity index (χ1n) is 10.3. The first kappa shape index (κ1) is 24.0. The molecule has 6 heteroatoms. The average molecular weight is 426 g/mol. The van der Waals surface area contributed by atoms with Crippen molar-refractivity contribution in [1.29, 1.82) is 0 Å². The van der Waals surface area contributed by atoms with E-state index >= 15 is 0 Å². The SMILES string of the molecule is C/C=C/c1ccc(OCC(=O)O[C@@H](C)C(=O)Nc2c(C)cccc2C(C)C)c(OC)c1. The maximum atomic E-state index is 12.6. The van der Waals surface area contributed by atoms with Crippen LogP contribution in [0.1, 0.15) is 50.3 Å². The van der Waals surface area contributed by atoms with Gasteiger partial charge in [-0.15, -0.1) is 0 Å². The monoisotopic (exact) mass is 425 g/mol. The van der Waals surface area contributed by atoms with Gasteiger partial charge in [-0.05, 0) is 55.5 Å². The number of amides is 1. The second-order valence-corrected chi connectivity index (χ2v) is 7.51. The lowest BCUT2D eigenvalue weighted by molar-refractivity contribution is -0.155. The molecule has 0 radical (unpaired) electrons. The fourth-order valence-corrected chi connectivity index (χ4v) is 3.09. The molecule has 0 heterocycles. The van der Waals surface area contributed by atoms with Crippen LogP contribution in [0, 0.1) is 6.92 Å². The summed E-state index contributed by atoms with van der Waals surface area (Å²) in [4.78, 5) is 24.8. The molecule has 6 nitrogen and oxygen atoms in total. The van der Waals surface area contributed by atoms with Crippen LogP contribution in [0.2, 0.25) is 0 Å². The van der Waals surface area contributed by atoms with Gasteiger partial charge in [0, 0.05) is 5.69 Å². The molecule has 0 unspecified atom stereocenters. The number of carbonyl (C=O) groups excluding carboxylic acids is 2. The van der Waals surface area contributed by atoms with E-state index in [1.165, 1.54) is 14.0 Å². The quantitative estimate of drug-likeness (QED) is 0.565. The number of anilines is 1. The number of hydrogen-bond donors (Lipinski definition) is 1. The van der Waals surface area contributed by atoms with E-state index in [4.69, 9.17) is 14.2 Å². The summed E-state index contributed by atoms with van der Waals surface area (Å²) in [6, 6.07) is 11.3. The molecule has 31 heavy (non-hydrogen) atoms. The zero-order valence-electron chi connectivity index (χ0n) is 19.0. The van der Waals surface area contributed by atoms with Gasteiger partial charge in [-0.1, -0.05) is 50.3 Å². The lowest BCUT2D eigenvalue weighted by Gasteiger charge is -2.19. The molecule has 0 saturated heterocycles. The van der Waals surface area contributed by atoms with Crippen molar-refractivity contribution in [2.45, 2.75) is 46.6 Å². The first-order chi connectivity index (χ1) is 14.8. The van der Waals surface area contributed by atoms with Crippen LogP contribution in [-0.4, -0.2) is 31.7 Å². The molecular formula is C25H31NO5. The predicted octanol–water partition coefficient (Wildman–Crippen LogP) is 5.11. The minimum Gasteiger partial charge on any atom is -0.493 e. The molecule has 2 rings (SSSR count). The second kappa shape index (κ2) is 11.2. The third-order valence-corrected chi connectivity index (χ3v) is 4.75. The van der Waals surface area contributed by atoms with Crippen LogP contribution in [0.15, 0.2) is 42.5 Å². The average Bonchev–Trinajstić information content (AvgIpc) is 2.73. The molecule has 1 atom stereocenters. The summed E-state index contributed by atoms with van der Waals surface area (Å²) in [7, 11) is 1.53. The van der Waals surface area contributed by atoms with Crippen molar-refractivity contribution in [3.05, 3.63) is 59.2 Å². The number of ether oxygens (including phenoxy) is 3. The number of aryl methyl sites for hydroxylation is 1. The Balaban J connectivity index is 1.97. The van der Waals surface area contributed by atoms with E-state index in [1.54, 1.807) is 6.07 Å². The van der Waals surface area contributed by atoms with Gasteiger partial charge < -0.3 is 19.5 Å². The van der Waals surface area contributed by atoms with Gasteiger partial charge in [-0.2, -0.15) is 0 Å². The Bertz CT molecular complexity index is 949. The molecule has 0 fully saturated rings. The summed E-state index contributed by atoms with van der Waals surface area (Å²) in [5.74, 6) is 0.144. The van der Waals surface area contributed by atoms with Crippen molar-refractivity contribution >= 4 is 23.6 Å². The summed E-state index contributed by atoms with van der Waals surface area (Å²) >= 11 is 0. The first-order valence-corrected chi connectivity index (χ1v) is 10.3. The van der Waals surface area contributed by atoms with E-state index in [2.05, 4.69) is 19.2 Å². The standard InChI is InChI=1S/C25H31NO5/c1-7-9-19-12-13-21(22(14-19)29-6)30-15-23(27)31-18(5)25(28)26-24-17(4)10-8-11-20(24)16(2)3/h7-14,16,18H,15H2,1-6H3,(H,26,28)/b9-7+/t18-/m0/s1. The summed E-state index contributed by atoms with van der Waals surface area (Å²) in [5.41, 5.74) is 3.70. The Morgan fingerprint density at radius 3 is 2.48 bits per heavy atom. The number of rotatable bonds is 9. The molecule has 0 aliphatic rings. The normalized spacial score (nSPS) is 12.0. The maximum Gasteiger partial charge on any atom is 0.344 e. The molecule has 1 amide bonds. The topological polar surface area (TPSA) is 73.9 Å². The zero-order chi connectivity index (χ0) is 23.0. The molecular weight excluding hydrogens is 394 g/mol. The van der Waals surface area contributed by atoms with Crippen LogP contribution in [-0.2, 0) is 14.3 Å². The van der Waals surface area contributed by atoms with E-state index in [0.29, 0.717) is 11.5 Å². The molecule has 0 aromatic heterocycles. The van der Waals surface area contributed by atoms with Crippen LogP contribution in [0.5, 0.6) is 11.5 Å². The highest BCUT2D eigenvalue weighted by Gasteiger charge is 2.21. The number of esters is 1. The molecule has 2 aromatic carbocycles. The van der Waals surface area contributed by atoms with Crippen molar-refractivity contribution in [2.75, 3.05) is 19.0 Å². The second-order valence-electron chi connectivity index (χ2n) is 7.51. The fourth-order valence-electron chi connectivity index (χ4n) is 3.09. The summed E-state index contributed by atoms with van der Waals surface area (Å²) < 4.78 is 16.1. The van der Waals surface area contributed by atoms with Crippen molar-refractivity contribution in [3.8, 4) is 11.5 Å². The lowest BCUT2D eigenvalue weighted by Crippen LogP contribution is -2.32. The molecule has 0 spiro atoms. The number of para-hydroxylation sites is 1. The van der Waals surface area contributed by atoms with Crippen molar-refractivity contribution in [1.82, 2.24) is 0 Å². The zero-order valence-corrected chi connectivity index (χ0v) is 19.0. The van der Waals surface area contributed by atoms with Crippen LogP contribution in [0.3, 0.4) is 0 Å². The van der Waals surface area contributed by atoms with Gasteiger partial charge in [-0.25, -0.2) is 4.79 Å². The molecule has 0 aliphatic heterocycles. The predicted molar refractivity (Wildman–Crippen MR) is 123 cm³/mol. The Hall–Kier alpha value is -3.28. The number of carbonyl (C=O) groups is 2. The minimum absolute atomic E-state index is 0.246. The molecule has 166 valence electrons. The maximum absolute atomic E-state index is 12.6. The van der Waals surface area contributed by atoms with E-state index in [-0.39, 0.29) is 12.5 Å². The number of nitrogens with one attached hydrogen (secondary N) is 1. The summed E-state index contributed by atoms with van der Waals surface area (Å²) in [6.45, 7) is 9.18. The molecule has 0 aliphatic carbocycles. The van der Waals surface area contributed by atoms with Crippen LogP contribution >= 0.6 is 0 Å². The number of hydrogen-bond acceptors (Lipinski definition) is 5. The highest BCUT2D eigenvalue weighted by Crippen LogP contribution is 2.29. The molecule has 1 N–H and O–H groups in total. The van der Waals surface area contributed by atoms with Gasteiger partial charge in [0.1, 0.15) is 0 Å². The smallest absolute Gasteiger partial charge is 0.344 e. The van der Waals surface area contributed by atoms with Crippen molar-refractivity contribution < 1.29 is 23.8 Å². The van der Waals surface area contributed by atoms with Gasteiger partial charge in [-0.3, -0.25) is 4.79 Å². The number of benzene rings is 2. The van der Waals surface area contributed by atoms with E-state index in [1.807, 2.05) is 56.3 Å². The van der Waals surface area contributed by atoms with E-state index < -0.39 is 18.0 Å². The largest absolute Gasteiger partial charge is 0.493 e. The number of methoxy groups -OCH3 is 1. The van der Waals surface area contributed by atoms with Crippen LogP contribution in [0.25, 0.3) is 6.08 Å². The van der Waals surface area contributed by atoms with Gasteiger partial charge in [0.25, 0.3) is 5.91 Å². The third-order valence-electron chi connectivity index (χ3n) is 4.75. The highest BCUT2D eigenvalue weighted by molar-refractivity contribution is 5.96. The van der Waals surface area contributed by atoms with Crippen LogP contribution in [0.4, 0.5) is 5.69 Å². The van der Waals surface area contributed by atoms with Gasteiger partial charge in [0.2, 0.25) is 0 Å². The van der Waals surface area contributed by atoms with E-state index in [0.717, 1.165) is 22.4 Å². The Morgan fingerprint density at radius 1 is 1.10 bits per heavy atom. The molecule has 0 bridgehead atoms. The highest BCUT2D eigenvalue weighted by atomic mass is 16.6. The number of allylic oxidation sites excluding steroid dienone is 1. The molecule has 0 saturated carbocycles. The van der Waals surface area contributed by atoms with Gasteiger partial charge in [0.15, 0.2) is 24.2 Å². The van der Waals surface area contributed by atoms with Crippen LogP contribution < -0.4 is 14.8 Å². The van der Waals surface area contributed by atoms with Gasteiger partial charge in [0.05, 0.1) is 7.11 Å².